The summed E-state index contributed by atoms with van der Waals surface area (Å²) in [5.74, 6) is 4.57. The summed E-state index contributed by atoms with van der Waals surface area (Å²) < 4.78 is 7.67. The van der Waals surface area contributed by atoms with Gasteiger partial charge in [-0.05, 0) is 179 Å². The fraction of sp³-hybridized carbons (Fsp3) is 0.925. The van der Waals surface area contributed by atoms with Crippen LogP contribution in [0.3, 0.4) is 0 Å². The van der Waals surface area contributed by atoms with Crippen LogP contribution in [0.1, 0.15) is 214 Å². The molecule has 14 rings (SSSR count). The molecule has 8 bridgehead atoms. The minimum absolute atomic E-state index is 0.0667. The van der Waals surface area contributed by atoms with Gasteiger partial charge < -0.3 is 4.74 Å². The molecule has 13 fully saturated rings. The van der Waals surface area contributed by atoms with Crippen molar-refractivity contribution in [2.45, 2.75) is 321 Å². The Hall–Kier alpha value is -1.62. The number of aryl methyl sites for hydroxylation is 2. The van der Waals surface area contributed by atoms with E-state index in [0.717, 1.165) is 12.2 Å². The standard InChI is InChI=1S/C80H144N16O/c1-11-19-37-89-45-49-93(41-23-15-5)68-64(89)60-61(65-69(68)94(42-24-16-6)50-46-90(65)38-20-12-2)79-86-77(60)83-74-56-34-28-27-33-55(56)73(81-74)82-75-57-35-30-36-58(97-72-53(9)31-29-32-54(72)10)59(57)76(84-75)85-78-62-63(80(87-78)88-79)67-71(96(44-26-18-8)52-48-92(67)40-22-14-4)70-66(62)91(39-21-13-3)47-51-95(70)43-25-17-7/h29,31-32,55-71,73-88H,11-28,30,33-52H2,1-10H3. The number of nitrogens with zero attached hydrogens (tertiary/aromatic N) is 8. The fourth-order valence-corrected chi connectivity index (χ4v) is 24.2. The molecular weight excluding hydrogens is 1200 g/mol. The van der Waals surface area contributed by atoms with Gasteiger partial charge >= 0.3 is 0 Å². The molecule has 0 radical (unpaired) electrons. The highest BCUT2D eigenvalue weighted by Crippen LogP contribution is 2.54. The predicted molar refractivity (Wildman–Crippen MR) is 398 cm³/mol. The van der Waals surface area contributed by atoms with Crippen LogP contribution in [0.5, 0.6) is 5.75 Å². The number of piperazine rings is 4. The van der Waals surface area contributed by atoms with Crippen LogP contribution in [0.15, 0.2) is 18.2 Å². The van der Waals surface area contributed by atoms with Gasteiger partial charge in [-0.3, -0.25) is 81.7 Å². The zero-order valence-electron chi connectivity index (χ0n) is 63.2. The molecule has 8 N–H and O–H groups in total. The van der Waals surface area contributed by atoms with Gasteiger partial charge in [0.1, 0.15) is 11.9 Å². The smallest absolute Gasteiger partial charge is 0.125 e. The van der Waals surface area contributed by atoms with Crippen LogP contribution in [0.4, 0.5) is 0 Å². The first-order chi connectivity index (χ1) is 47.6. The summed E-state index contributed by atoms with van der Waals surface area (Å²) in [6, 6.07) is 10.4. The van der Waals surface area contributed by atoms with E-state index < -0.39 is 0 Å². The maximum Gasteiger partial charge on any atom is 0.125 e. The second-order valence-corrected chi connectivity index (χ2v) is 34.2. The topological polar surface area (TPSA) is 131 Å². The number of hydrogen-bond donors (Lipinski definition) is 8. The Balaban J connectivity index is 0.966. The maximum atomic E-state index is 7.67. The van der Waals surface area contributed by atoms with Gasteiger partial charge in [0.05, 0.1) is 49.3 Å². The van der Waals surface area contributed by atoms with E-state index in [0.29, 0.717) is 95.7 Å². The van der Waals surface area contributed by atoms with E-state index in [-0.39, 0.29) is 55.4 Å². The van der Waals surface area contributed by atoms with E-state index in [1.165, 1.54) is 257 Å². The summed E-state index contributed by atoms with van der Waals surface area (Å²) in [6.45, 7) is 43.4. The number of unbranched alkanes of at least 4 members (excludes halogenated alkanes) is 8. The summed E-state index contributed by atoms with van der Waals surface area (Å²) in [5.41, 5.74) is 2.53. The van der Waals surface area contributed by atoms with E-state index in [9.17, 15) is 0 Å². The largest absolute Gasteiger partial charge is 0.489 e. The van der Waals surface area contributed by atoms with Crippen molar-refractivity contribution in [1.82, 2.24) is 81.7 Å². The van der Waals surface area contributed by atoms with Crippen molar-refractivity contribution < 1.29 is 4.74 Å². The molecule has 1 aromatic carbocycles. The number of ether oxygens (including phenoxy) is 1. The second kappa shape index (κ2) is 33.2. The summed E-state index contributed by atoms with van der Waals surface area (Å²) in [6.07, 6.45) is 30.2. The molecule has 4 aliphatic carbocycles. The second-order valence-electron chi connectivity index (χ2n) is 34.2. The van der Waals surface area contributed by atoms with Crippen molar-refractivity contribution in [3.63, 3.8) is 0 Å². The summed E-state index contributed by atoms with van der Waals surface area (Å²) in [5, 5.41) is 38.4. The molecule has 17 nitrogen and oxygen atoms in total. The van der Waals surface area contributed by atoms with Crippen molar-refractivity contribution >= 4 is 0 Å². The first-order valence-corrected chi connectivity index (χ1v) is 42.4. The highest BCUT2D eigenvalue weighted by molar-refractivity contribution is 5.40. The molecule has 9 heterocycles. The van der Waals surface area contributed by atoms with Crippen molar-refractivity contribution in [2.24, 2.45) is 47.3 Å². The number of benzene rings is 1. The van der Waals surface area contributed by atoms with Crippen LogP contribution in [-0.2, 0) is 0 Å². The molecule has 9 saturated heterocycles. The Labute approximate surface area is 591 Å². The minimum Gasteiger partial charge on any atom is -0.489 e. The summed E-state index contributed by atoms with van der Waals surface area (Å²) >= 11 is 0. The Kier molecular flexibility index (Phi) is 24.8. The fourth-order valence-electron chi connectivity index (χ4n) is 24.2. The third-order valence-electron chi connectivity index (χ3n) is 28.6. The van der Waals surface area contributed by atoms with Gasteiger partial charge in [0.25, 0.3) is 0 Å². The summed E-state index contributed by atoms with van der Waals surface area (Å²) in [7, 11) is 0. The lowest BCUT2D eigenvalue weighted by Gasteiger charge is -2.66. The highest BCUT2D eigenvalue weighted by atomic mass is 16.5. The Bertz CT molecular complexity index is 2580. The molecule has 0 aromatic heterocycles. The monoisotopic (exact) mass is 1350 g/mol. The summed E-state index contributed by atoms with van der Waals surface area (Å²) in [4.78, 5) is 25.2. The van der Waals surface area contributed by atoms with Crippen LogP contribution in [-0.4, -0.2) is 248 Å². The lowest BCUT2D eigenvalue weighted by Crippen LogP contribution is -2.81. The third kappa shape index (κ3) is 14.3. The minimum atomic E-state index is 0.0667. The van der Waals surface area contributed by atoms with Gasteiger partial charge in [-0.1, -0.05) is 138 Å². The van der Waals surface area contributed by atoms with Gasteiger partial charge in [-0.25, -0.2) is 0 Å². The molecule has 550 valence electrons. The molecule has 17 heteroatoms. The van der Waals surface area contributed by atoms with Crippen LogP contribution in [0, 0.1) is 61.2 Å². The van der Waals surface area contributed by atoms with E-state index in [1.807, 2.05) is 0 Å². The zero-order valence-corrected chi connectivity index (χ0v) is 63.2. The number of fused-ring (bicyclic) bond motifs is 30. The Morgan fingerprint density at radius 3 is 0.845 bits per heavy atom. The lowest BCUT2D eigenvalue weighted by molar-refractivity contribution is -0.154. The van der Waals surface area contributed by atoms with Crippen molar-refractivity contribution in [1.29, 1.82) is 0 Å². The van der Waals surface area contributed by atoms with E-state index in [2.05, 4.69) is 143 Å². The van der Waals surface area contributed by atoms with Gasteiger partial charge in [-0.15, -0.1) is 0 Å². The quantitative estimate of drug-likeness (QED) is 0.0449. The van der Waals surface area contributed by atoms with Gasteiger partial charge in [0, 0.05) is 130 Å². The lowest BCUT2D eigenvalue weighted by atomic mass is 9.63. The molecule has 25 atom stereocenters. The van der Waals surface area contributed by atoms with Gasteiger partial charge in [0.15, 0.2) is 0 Å². The molecule has 0 spiro atoms. The molecular formula is C80H144N16O. The van der Waals surface area contributed by atoms with Gasteiger partial charge in [0.2, 0.25) is 0 Å². The van der Waals surface area contributed by atoms with Crippen molar-refractivity contribution in [3.05, 3.63) is 29.3 Å². The molecule has 25 unspecified atom stereocenters. The average molecular weight is 1350 g/mol. The normalized spacial score (nSPS) is 42.1. The van der Waals surface area contributed by atoms with E-state index >= 15 is 0 Å². The van der Waals surface area contributed by atoms with Crippen LogP contribution in [0.25, 0.3) is 0 Å². The average Bonchev–Trinajstić information content (AvgIpc) is 1.60. The number of nitrogens with one attached hydrogen (secondary N) is 8. The first-order valence-electron chi connectivity index (χ1n) is 42.4. The van der Waals surface area contributed by atoms with E-state index in [1.54, 1.807) is 0 Å². The van der Waals surface area contributed by atoms with Crippen molar-refractivity contribution in [2.75, 3.05) is 105 Å². The number of hydrogen-bond acceptors (Lipinski definition) is 17. The van der Waals surface area contributed by atoms with Crippen molar-refractivity contribution in [3.8, 4) is 5.75 Å². The zero-order chi connectivity index (χ0) is 66.8. The van der Waals surface area contributed by atoms with Gasteiger partial charge in [-0.2, -0.15) is 0 Å². The molecule has 0 amide bonds. The van der Waals surface area contributed by atoms with Crippen LogP contribution in [0.2, 0.25) is 0 Å². The predicted octanol–water partition coefficient (Wildman–Crippen LogP) is 8.98. The SMILES string of the molecule is CCCCN1CCN(CCCC)C2C1C1C3NC4NC(NC5NC(NC6NC(NC(N3)C1C1C2N(CCCC)CCN1CCCC)C1C6C2C(C3C1N(CCCC)CCN3CCCC)N(CCCC)CCN2CCCC)C1C(Oc2c(C)cccc2C)CCCC51)C1CCCCC41. The Morgan fingerprint density at radius 1 is 0.299 bits per heavy atom. The first kappa shape index (κ1) is 72.3. The Morgan fingerprint density at radius 2 is 0.546 bits per heavy atom. The number of para-hydroxylation sites is 1. The van der Waals surface area contributed by atoms with Crippen LogP contribution >= 0.6 is 0 Å². The molecule has 13 aliphatic rings. The maximum absolute atomic E-state index is 7.67. The molecule has 1 aromatic rings. The highest BCUT2D eigenvalue weighted by Gasteiger charge is 2.69. The molecule has 97 heavy (non-hydrogen) atoms. The molecule has 4 saturated carbocycles. The van der Waals surface area contributed by atoms with E-state index in [4.69, 9.17) is 31.3 Å². The third-order valence-corrected chi connectivity index (χ3v) is 28.6. The van der Waals surface area contributed by atoms with Crippen LogP contribution < -0.4 is 47.3 Å². The molecule has 9 aliphatic heterocycles. The number of rotatable bonds is 26.